The molecule has 3 N–H and O–H groups in total. The first-order valence-electron chi connectivity index (χ1n) is 7.31. The molecule has 0 unspecified atom stereocenters. The number of carbonyl (C=O) groups excluding carboxylic acids is 1. The second-order valence-corrected chi connectivity index (χ2v) is 4.85. The van der Waals surface area contributed by atoms with E-state index >= 15 is 0 Å². The number of aromatic nitrogens is 2. The zero-order chi connectivity index (χ0) is 15.2. The van der Waals surface area contributed by atoms with Crippen molar-refractivity contribution in [3.8, 4) is 0 Å². The van der Waals surface area contributed by atoms with E-state index in [0.29, 0.717) is 25.3 Å². The van der Waals surface area contributed by atoms with Crippen LogP contribution in [0.25, 0.3) is 0 Å². The second-order valence-electron chi connectivity index (χ2n) is 4.85. The Bertz CT molecular complexity index is 618. The van der Waals surface area contributed by atoms with E-state index in [1.54, 1.807) is 4.68 Å². The van der Waals surface area contributed by atoms with Gasteiger partial charge in [0, 0.05) is 19.6 Å². The van der Waals surface area contributed by atoms with Crippen molar-refractivity contribution in [2.75, 3.05) is 0 Å². The molecule has 0 saturated heterocycles. The molecule has 1 amide bonds. The number of aryl methyl sites for hydroxylation is 2. The van der Waals surface area contributed by atoms with Crippen LogP contribution in [0.15, 0.2) is 30.3 Å². The molecule has 0 spiro atoms. The van der Waals surface area contributed by atoms with Gasteiger partial charge < -0.3 is 11.1 Å². The standard InChI is InChI=1S/C16H22N4O/c1-3-14-9-15(20(4-2)19-14)16(21)18-11-13-8-6-5-7-12(13)10-17/h5-9H,3-4,10-11,17H2,1-2H3,(H,18,21). The van der Waals surface area contributed by atoms with Crippen LogP contribution in [0.2, 0.25) is 0 Å². The van der Waals surface area contributed by atoms with E-state index in [0.717, 1.165) is 23.2 Å². The average molecular weight is 286 g/mol. The van der Waals surface area contributed by atoms with Crippen molar-refractivity contribution in [2.45, 2.75) is 39.9 Å². The van der Waals surface area contributed by atoms with Crippen LogP contribution in [0.4, 0.5) is 0 Å². The van der Waals surface area contributed by atoms with Crippen LogP contribution in [0, 0.1) is 0 Å². The van der Waals surface area contributed by atoms with Gasteiger partial charge in [-0.25, -0.2) is 0 Å². The molecule has 0 atom stereocenters. The molecule has 0 fully saturated rings. The second kappa shape index (κ2) is 7.04. The van der Waals surface area contributed by atoms with E-state index in [-0.39, 0.29) is 5.91 Å². The van der Waals surface area contributed by atoms with E-state index in [4.69, 9.17) is 5.73 Å². The van der Waals surface area contributed by atoms with Crippen LogP contribution < -0.4 is 11.1 Å². The lowest BCUT2D eigenvalue weighted by atomic mass is 10.1. The number of hydrogen-bond donors (Lipinski definition) is 2. The van der Waals surface area contributed by atoms with Crippen LogP contribution in [-0.2, 0) is 26.1 Å². The quantitative estimate of drug-likeness (QED) is 0.851. The largest absolute Gasteiger partial charge is 0.347 e. The van der Waals surface area contributed by atoms with E-state index in [1.165, 1.54) is 0 Å². The summed E-state index contributed by atoms with van der Waals surface area (Å²) in [6.45, 7) is 5.64. The van der Waals surface area contributed by atoms with Gasteiger partial charge in [0.05, 0.1) is 5.69 Å². The van der Waals surface area contributed by atoms with Gasteiger partial charge in [-0.1, -0.05) is 31.2 Å². The molecule has 0 radical (unpaired) electrons. The molecule has 2 aromatic rings. The van der Waals surface area contributed by atoms with Crippen molar-refractivity contribution in [1.29, 1.82) is 0 Å². The third-order valence-corrected chi connectivity index (χ3v) is 3.50. The lowest BCUT2D eigenvalue weighted by molar-refractivity contribution is 0.0940. The average Bonchev–Trinajstić information content (AvgIpc) is 2.96. The Hall–Kier alpha value is -2.14. The highest BCUT2D eigenvalue weighted by molar-refractivity contribution is 5.92. The van der Waals surface area contributed by atoms with Crippen LogP contribution in [-0.4, -0.2) is 15.7 Å². The van der Waals surface area contributed by atoms with Crippen LogP contribution in [0.1, 0.15) is 41.2 Å². The van der Waals surface area contributed by atoms with Crippen molar-refractivity contribution in [2.24, 2.45) is 5.73 Å². The maximum Gasteiger partial charge on any atom is 0.269 e. The molecular formula is C16H22N4O. The lowest BCUT2D eigenvalue weighted by Gasteiger charge is -2.09. The molecule has 0 aliphatic heterocycles. The van der Waals surface area contributed by atoms with Gasteiger partial charge in [0.15, 0.2) is 0 Å². The molecule has 2 rings (SSSR count). The predicted molar refractivity (Wildman–Crippen MR) is 82.8 cm³/mol. The Balaban J connectivity index is 2.09. The van der Waals surface area contributed by atoms with Crippen molar-refractivity contribution in [3.05, 3.63) is 52.8 Å². The third kappa shape index (κ3) is 3.49. The number of carbonyl (C=O) groups is 1. The molecule has 1 aromatic carbocycles. The highest BCUT2D eigenvalue weighted by atomic mass is 16.2. The number of hydrogen-bond acceptors (Lipinski definition) is 3. The maximum atomic E-state index is 12.3. The van der Waals surface area contributed by atoms with Crippen molar-refractivity contribution in [3.63, 3.8) is 0 Å². The number of nitrogens with zero attached hydrogens (tertiary/aromatic N) is 2. The lowest BCUT2D eigenvalue weighted by Crippen LogP contribution is -2.26. The van der Waals surface area contributed by atoms with Gasteiger partial charge in [0.25, 0.3) is 5.91 Å². The Kier molecular flexibility index (Phi) is 5.11. The van der Waals surface area contributed by atoms with Crippen LogP contribution in [0.5, 0.6) is 0 Å². The minimum Gasteiger partial charge on any atom is -0.347 e. The predicted octanol–water partition coefficient (Wildman–Crippen LogP) is 1.85. The number of amides is 1. The highest BCUT2D eigenvalue weighted by Gasteiger charge is 2.14. The molecule has 1 aromatic heterocycles. The molecular weight excluding hydrogens is 264 g/mol. The SMILES string of the molecule is CCc1cc(C(=O)NCc2ccccc2CN)n(CC)n1. The van der Waals surface area contributed by atoms with Gasteiger partial charge in [-0.2, -0.15) is 5.10 Å². The van der Waals surface area contributed by atoms with Crippen molar-refractivity contribution < 1.29 is 4.79 Å². The molecule has 0 aliphatic carbocycles. The van der Waals surface area contributed by atoms with Gasteiger partial charge >= 0.3 is 0 Å². The van der Waals surface area contributed by atoms with Gasteiger partial charge in [-0.15, -0.1) is 0 Å². The first-order chi connectivity index (χ1) is 10.2. The summed E-state index contributed by atoms with van der Waals surface area (Å²) in [4.78, 5) is 12.3. The Morgan fingerprint density at radius 1 is 1.29 bits per heavy atom. The Morgan fingerprint density at radius 2 is 2.00 bits per heavy atom. The van der Waals surface area contributed by atoms with Gasteiger partial charge in [0.2, 0.25) is 0 Å². The summed E-state index contributed by atoms with van der Waals surface area (Å²) in [6, 6.07) is 9.72. The summed E-state index contributed by atoms with van der Waals surface area (Å²) in [5.41, 5.74) is 9.35. The summed E-state index contributed by atoms with van der Waals surface area (Å²) in [7, 11) is 0. The first kappa shape index (κ1) is 15.3. The Labute approximate surface area is 125 Å². The fraction of sp³-hybridized carbons (Fsp3) is 0.375. The summed E-state index contributed by atoms with van der Waals surface area (Å²) < 4.78 is 1.74. The van der Waals surface area contributed by atoms with E-state index < -0.39 is 0 Å². The van der Waals surface area contributed by atoms with Gasteiger partial charge in [-0.3, -0.25) is 9.48 Å². The maximum absolute atomic E-state index is 12.3. The highest BCUT2D eigenvalue weighted by Crippen LogP contribution is 2.09. The zero-order valence-electron chi connectivity index (χ0n) is 12.6. The van der Waals surface area contributed by atoms with Crippen molar-refractivity contribution >= 4 is 5.91 Å². The smallest absolute Gasteiger partial charge is 0.269 e. The number of nitrogens with one attached hydrogen (secondary N) is 1. The third-order valence-electron chi connectivity index (χ3n) is 3.50. The molecule has 0 bridgehead atoms. The molecule has 0 aliphatic rings. The van der Waals surface area contributed by atoms with Gasteiger partial charge in [0.1, 0.15) is 5.69 Å². The molecule has 1 heterocycles. The van der Waals surface area contributed by atoms with Crippen LogP contribution in [0.3, 0.4) is 0 Å². The number of nitrogens with two attached hydrogens (primary N) is 1. The van der Waals surface area contributed by atoms with E-state index in [2.05, 4.69) is 10.4 Å². The van der Waals surface area contributed by atoms with Crippen LogP contribution >= 0.6 is 0 Å². The van der Waals surface area contributed by atoms with Crippen molar-refractivity contribution in [1.82, 2.24) is 15.1 Å². The minimum atomic E-state index is -0.101. The summed E-state index contributed by atoms with van der Waals surface area (Å²) in [6.07, 6.45) is 0.823. The van der Waals surface area contributed by atoms with E-state index in [1.807, 2.05) is 44.2 Å². The molecule has 5 heteroatoms. The normalized spacial score (nSPS) is 10.6. The number of benzene rings is 1. The first-order valence-corrected chi connectivity index (χ1v) is 7.31. The van der Waals surface area contributed by atoms with Gasteiger partial charge in [-0.05, 0) is 30.5 Å². The number of rotatable bonds is 6. The fourth-order valence-electron chi connectivity index (χ4n) is 2.26. The fourth-order valence-corrected chi connectivity index (χ4v) is 2.26. The zero-order valence-corrected chi connectivity index (χ0v) is 12.6. The topological polar surface area (TPSA) is 72.9 Å². The summed E-state index contributed by atoms with van der Waals surface area (Å²) in [5, 5.41) is 7.34. The van der Waals surface area contributed by atoms with E-state index in [9.17, 15) is 4.79 Å². The minimum absolute atomic E-state index is 0.101. The monoisotopic (exact) mass is 286 g/mol. The Morgan fingerprint density at radius 3 is 2.62 bits per heavy atom. The summed E-state index contributed by atoms with van der Waals surface area (Å²) >= 11 is 0. The molecule has 0 saturated carbocycles. The molecule has 21 heavy (non-hydrogen) atoms. The molecule has 112 valence electrons. The molecule has 5 nitrogen and oxygen atoms in total. The summed E-state index contributed by atoms with van der Waals surface area (Å²) in [5.74, 6) is -0.101.